The Morgan fingerprint density at radius 3 is 1.48 bits per heavy atom. The maximum Gasteiger partial charge on any atom is 0.165 e. The first-order valence-electron chi connectivity index (χ1n) is 17.1. The largest absolute Gasteiger partial charge is 0.504 e. The molecule has 1 aliphatic carbocycles. The summed E-state index contributed by atoms with van der Waals surface area (Å²) in [5.74, 6) is 1.22. The molecule has 6 aromatic carbocycles. The summed E-state index contributed by atoms with van der Waals surface area (Å²) in [6.07, 6.45) is 8.86. The molecule has 9 rings (SSSR count). The van der Waals surface area contributed by atoms with E-state index in [9.17, 15) is 5.11 Å². The molecule has 50 heavy (non-hydrogen) atoms. The van der Waals surface area contributed by atoms with Crippen molar-refractivity contribution < 1.29 is 5.11 Å². The minimum atomic E-state index is 0.0496. The number of aryl methyl sites for hydroxylation is 1. The van der Waals surface area contributed by atoms with Crippen LogP contribution in [0.15, 0.2) is 146 Å². The first-order chi connectivity index (χ1) is 24.4. The van der Waals surface area contributed by atoms with Crippen molar-refractivity contribution in [3.8, 4) is 17.1 Å². The molecule has 0 amide bonds. The van der Waals surface area contributed by atoms with Gasteiger partial charge in [-0.2, -0.15) is 0 Å². The molecule has 0 fully saturated rings. The Labute approximate surface area is 293 Å². The maximum atomic E-state index is 12.1. The van der Waals surface area contributed by atoms with Crippen LogP contribution in [0.4, 0.5) is 5.69 Å². The van der Waals surface area contributed by atoms with E-state index in [0.29, 0.717) is 34.4 Å². The van der Waals surface area contributed by atoms with E-state index in [2.05, 4.69) is 120 Å². The molecule has 2 atom stereocenters. The molecule has 8 aromatic rings. The number of allylic oxidation sites excluding steroid dienone is 4. The van der Waals surface area contributed by atoms with Crippen molar-refractivity contribution in [2.24, 2.45) is 5.92 Å². The summed E-state index contributed by atoms with van der Waals surface area (Å²) < 4.78 is 4.11. The van der Waals surface area contributed by atoms with E-state index >= 15 is 0 Å². The highest BCUT2D eigenvalue weighted by Gasteiger charge is 2.25. The molecule has 0 saturated carbocycles. The number of hydrogen-bond acceptors (Lipinski definition) is 2. The first kappa shape index (κ1) is 31.3. The molecule has 3 N–H and O–H groups in total. The standard InChI is InChI=1S/C31H22BN3O.C14H16/c1-18-27(32)29(34-23-14-6-2-10-19(23)20-11-3-7-15-24(20)34)31(36)30(28(18)33)35-25-16-8-4-12-21(25)22-13-5-9-17-26(22)35;1-11-7-3-5-9-13(11)14-10-6-4-8-12(14)2/h2-17,36H,33H2,1H3;3-11,13H,1-2H3. The number of nitrogens with zero attached hydrogens (tertiary/aromatic N) is 2. The monoisotopic (exact) mass is 647 g/mol. The van der Waals surface area contributed by atoms with Crippen LogP contribution in [-0.2, 0) is 0 Å². The minimum Gasteiger partial charge on any atom is -0.504 e. The summed E-state index contributed by atoms with van der Waals surface area (Å²) >= 11 is 0. The SMILES string of the molecule is Cc1ccccc1C1C=CC=CC1C.[B]c1c(C)c(N)c(-n2c3ccccc3c3ccccc32)c(O)c1-n1c2ccccc2c2ccccc21. The number of fused-ring (bicyclic) bond motifs is 6. The van der Waals surface area contributed by atoms with E-state index in [1.807, 2.05) is 55.5 Å². The van der Waals surface area contributed by atoms with Crippen LogP contribution in [0.2, 0.25) is 0 Å². The summed E-state index contributed by atoms with van der Waals surface area (Å²) in [5, 5.41) is 16.4. The highest BCUT2D eigenvalue weighted by molar-refractivity contribution is 6.37. The maximum absolute atomic E-state index is 12.1. The molecule has 0 spiro atoms. The average Bonchev–Trinajstić information content (AvgIpc) is 3.65. The zero-order valence-corrected chi connectivity index (χ0v) is 28.5. The highest BCUT2D eigenvalue weighted by atomic mass is 16.3. The molecule has 2 aromatic heterocycles. The van der Waals surface area contributed by atoms with Crippen LogP contribution >= 0.6 is 0 Å². The van der Waals surface area contributed by atoms with Crippen molar-refractivity contribution in [2.45, 2.75) is 26.7 Å². The first-order valence-corrected chi connectivity index (χ1v) is 17.1. The smallest absolute Gasteiger partial charge is 0.165 e. The fourth-order valence-corrected chi connectivity index (χ4v) is 7.71. The van der Waals surface area contributed by atoms with Crippen molar-refractivity contribution >= 4 is 62.6 Å². The van der Waals surface area contributed by atoms with Crippen LogP contribution in [-0.4, -0.2) is 22.1 Å². The zero-order valence-electron chi connectivity index (χ0n) is 28.5. The topological polar surface area (TPSA) is 56.1 Å². The summed E-state index contributed by atoms with van der Waals surface area (Å²) in [4.78, 5) is 0. The third-order valence-electron chi connectivity index (χ3n) is 10.3. The molecular weight excluding hydrogens is 609 g/mol. The molecule has 242 valence electrons. The number of phenolic OH excluding ortho intramolecular Hbond substituents is 1. The van der Waals surface area contributed by atoms with Crippen LogP contribution in [0.5, 0.6) is 5.75 Å². The second-order valence-corrected chi connectivity index (χ2v) is 13.2. The number of rotatable bonds is 3. The Kier molecular flexibility index (Phi) is 7.84. The van der Waals surface area contributed by atoms with Gasteiger partial charge in [0.2, 0.25) is 0 Å². The second-order valence-electron chi connectivity index (χ2n) is 13.2. The summed E-state index contributed by atoms with van der Waals surface area (Å²) in [5.41, 5.74) is 16.2. The Morgan fingerprint density at radius 2 is 1.00 bits per heavy atom. The molecule has 4 nitrogen and oxygen atoms in total. The van der Waals surface area contributed by atoms with E-state index in [0.717, 1.165) is 49.2 Å². The van der Waals surface area contributed by atoms with Gasteiger partial charge in [-0.25, -0.2) is 0 Å². The molecule has 5 heteroatoms. The quantitative estimate of drug-likeness (QED) is 0.148. The summed E-state index contributed by atoms with van der Waals surface area (Å²) in [6, 6.07) is 41.4. The fourth-order valence-electron chi connectivity index (χ4n) is 7.71. The van der Waals surface area contributed by atoms with Gasteiger partial charge in [0.15, 0.2) is 5.75 Å². The van der Waals surface area contributed by atoms with E-state index in [1.54, 1.807) is 0 Å². The lowest BCUT2D eigenvalue weighted by Gasteiger charge is -2.22. The van der Waals surface area contributed by atoms with Crippen molar-refractivity contribution in [1.82, 2.24) is 9.13 Å². The molecule has 2 heterocycles. The zero-order chi connectivity index (χ0) is 34.5. The van der Waals surface area contributed by atoms with E-state index < -0.39 is 0 Å². The van der Waals surface area contributed by atoms with Crippen LogP contribution in [0.25, 0.3) is 55.0 Å². The Bertz CT molecular complexity index is 2390. The van der Waals surface area contributed by atoms with Gasteiger partial charge >= 0.3 is 0 Å². The van der Waals surface area contributed by atoms with Crippen LogP contribution in [0.3, 0.4) is 0 Å². The van der Waals surface area contributed by atoms with Crippen molar-refractivity contribution in [1.29, 1.82) is 0 Å². The van der Waals surface area contributed by atoms with Gasteiger partial charge in [0.25, 0.3) is 0 Å². The normalized spacial score (nSPS) is 15.6. The molecule has 0 aliphatic heterocycles. The summed E-state index contributed by atoms with van der Waals surface area (Å²) in [7, 11) is 6.74. The molecule has 2 radical (unpaired) electrons. The molecule has 1 aliphatic rings. The third kappa shape index (κ3) is 4.92. The number of phenols is 1. The minimum absolute atomic E-state index is 0.0496. The van der Waals surface area contributed by atoms with E-state index in [1.165, 1.54) is 11.1 Å². The molecule has 0 saturated heterocycles. The average molecular weight is 648 g/mol. The van der Waals surface area contributed by atoms with Gasteiger partial charge in [-0.1, -0.05) is 134 Å². The number of nitrogens with two attached hydrogens (primary N) is 1. The number of aromatic hydroxyl groups is 1. The van der Waals surface area contributed by atoms with Crippen molar-refractivity contribution in [3.05, 3.63) is 162 Å². The van der Waals surface area contributed by atoms with Gasteiger partial charge in [-0.3, -0.25) is 0 Å². The van der Waals surface area contributed by atoms with Gasteiger partial charge in [-0.05, 0) is 60.7 Å². The predicted molar refractivity (Wildman–Crippen MR) is 213 cm³/mol. The Balaban J connectivity index is 0.000000216. The Morgan fingerprint density at radius 1 is 0.580 bits per heavy atom. The second kappa shape index (κ2) is 12.5. The van der Waals surface area contributed by atoms with Gasteiger partial charge in [0.1, 0.15) is 13.5 Å². The van der Waals surface area contributed by atoms with Crippen LogP contribution in [0, 0.1) is 19.8 Å². The predicted octanol–water partition coefficient (Wildman–Crippen LogP) is 10.1. The van der Waals surface area contributed by atoms with Crippen LogP contribution in [0.1, 0.15) is 29.5 Å². The van der Waals surface area contributed by atoms with Gasteiger partial charge in [-0.15, -0.1) is 0 Å². The van der Waals surface area contributed by atoms with Gasteiger partial charge in [0, 0.05) is 27.5 Å². The van der Waals surface area contributed by atoms with Crippen molar-refractivity contribution in [3.63, 3.8) is 0 Å². The number of para-hydroxylation sites is 4. The molecule has 0 bridgehead atoms. The number of hydrogen-bond donors (Lipinski definition) is 2. The van der Waals surface area contributed by atoms with Crippen LogP contribution < -0.4 is 11.2 Å². The van der Waals surface area contributed by atoms with Gasteiger partial charge in [0.05, 0.1) is 33.4 Å². The molecule has 2 unspecified atom stereocenters. The number of aromatic nitrogens is 2. The Hall–Kier alpha value is -5.94. The highest BCUT2D eigenvalue weighted by Crippen LogP contribution is 2.43. The van der Waals surface area contributed by atoms with E-state index in [-0.39, 0.29) is 5.75 Å². The molecular formula is C45H38BN3O. The lowest BCUT2D eigenvalue weighted by molar-refractivity contribution is 0.472. The number of benzene rings is 6. The third-order valence-corrected chi connectivity index (χ3v) is 10.3. The summed E-state index contributed by atoms with van der Waals surface area (Å²) in [6.45, 7) is 6.38. The lowest BCUT2D eigenvalue weighted by Crippen LogP contribution is -2.20. The lowest BCUT2D eigenvalue weighted by atomic mass is 9.82. The number of nitrogen functional groups attached to an aromatic ring is 1. The van der Waals surface area contributed by atoms with Crippen molar-refractivity contribution in [2.75, 3.05) is 5.73 Å². The van der Waals surface area contributed by atoms with Gasteiger partial charge < -0.3 is 20.0 Å². The number of anilines is 1. The fraction of sp³-hybridized carbons (Fsp3) is 0.111. The van der Waals surface area contributed by atoms with E-state index in [4.69, 9.17) is 13.6 Å².